The number of carbonyl (C=O) groups excluding carboxylic acids is 2. The minimum atomic E-state index is -0.552. The third kappa shape index (κ3) is 6.94. The summed E-state index contributed by atoms with van der Waals surface area (Å²) < 4.78 is 23.5. The molecule has 0 bridgehead atoms. The van der Waals surface area contributed by atoms with Crippen molar-refractivity contribution >= 4 is 29.3 Å². The molecular formula is C25H20FN3O4. The Morgan fingerprint density at radius 3 is 2.36 bits per heavy atom. The summed E-state index contributed by atoms with van der Waals surface area (Å²) in [6, 6.07) is 20.6. The number of nitriles is 1. The Kier molecular flexibility index (Phi) is 7.76. The van der Waals surface area contributed by atoms with Crippen LogP contribution in [0, 0.1) is 17.1 Å². The third-order valence-electron chi connectivity index (χ3n) is 4.38. The number of halogens is 1. The van der Waals surface area contributed by atoms with Gasteiger partial charge in [0.25, 0.3) is 11.8 Å². The molecule has 0 aromatic heterocycles. The molecule has 2 amide bonds. The average Bonchev–Trinajstić information content (AvgIpc) is 2.83. The second kappa shape index (κ2) is 11.1. The SMILES string of the molecule is COc1cccc(NC(=O)/C(C#N)=C/c2ccc(OCC(=O)Nc3ccc(F)cc3)cc2)c1. The van der Waals surface area contributed by atoms with Gasteiger partial charge in [-0.1, -0.05) is 18.2 Å². The second-order valence-corrected chi connectivity index (χ2v) is 6.77. The maximum atomic E-state index is 12.9. The molecule has 3 aromatic carbocycles. The molecule has 7 nitrogen and oxygen atoms in total. The van der Waals surface area contributed by atoms with Crippen LogP contribution in [0.25, 0.3) is 6.08 Å². The van der Waals surface area contributed by atoms with Gasteiger partial charge in [-0.2, -0.15) is 5.26 Å². The van der Waals surface area contributed by atoms with Gasteiger partial charge in [0.05, 0.1) is 7.11 Å². The maximum Gasteiger partial charge on any atom is 0.266 e. The number of ether oxygens (including phenoxy) is 2. The predicted molar refractivity (Wildman–Crippen MR) is 122 cm³/mol. The number of methoxy groups -OCH3 is 1. The fraction of sp³-hybridized carbons (Fsp3) is 0.0800. The first-order valence-electron chi connectivity index (χ1n) is 9.82. The molecule has 2 N–H and O–H groups in total. The number of amides is 2. The molecule has 0 aliphatic rings. The molecule has 0 spiro atoms. The van der Waals surface area contributed by atoms with Gasteiger partial charge in [-0.25, -0.2) is 4.39 Å². The zero-order valence-corrected chi connectivity index (χ0v) is 17.7. The quantitative estimate of drug-likeness (QED) is 0.395. The van der Waals surface area contributed by atoms with Crippen LogP contribution in [-0.4, -0.2) is 25.5 Å². The maximum absolute atomic E-state index is 12.9. The average molecular weight is 445 g/mol. The van der Waals surface area contributed by atoms with Crippen LogP contribution in [0.3, 0.4) is 0 Å². The summed E-state index contributed by atoms with van der Waals surface area (Å²) in [7, 11) is 1.52. The van der Waals surface area contributed by atoms with Crippen LogP contribution < -0.4 is 20.1 Å². The van der Waals surface area contributed by atoms with E-state index in [-0.39, 0.29) is 12.2 Å². The third-order valence-corrected chi connectivity index (χ3v) is 4.38. The lowest BCUT2D eigenvalue weighted by molar-refractivity contribution is -0.118. The highest BCUT2D eigenvalue weighted by Gasteiger charge is 2.10. The molecule has 0 aliphatic heterocycles. The zero-order chi connectivity index (χ0) is 23.6. The highest BCUT2D eigenvalue weighted by Crippen LogP contribution is 2.19. The number of hydrogen-bond donors (Lipinski definition) is 2. The monoisotopic (exact) mass is 445 g/mol. The van der Waals surface area contributed by atoms with E-state index in [2.05, 4.69) is 10.6 Å². The van der Waals surface area contributed by atoms with Crippen LogP contribution in [-0.2, 0) is 9.59 Å². The second-order valence-electron chi connectivity index (χ2n) is 6.77. The predicted octanol–water partition coefficient (Wildman–Crippen LogP) is 4.40. The summed E-state index contributed by atoms with van der Waals surface area (Å²) in [5.74, 6) is -0.330. The molecule has 0 saturated carbocycles. The number of hydrogen-bond acceptors (Lipinski definition) is 5. The van der Waals surface area contributed by atoms with Crippen molar-refractivity contribution in [2.24, 2.45) is 0 Å². The molecule has 0 aliphatic carbocycles. The summed E-state index contributed by atoms with van der Waals surface area (Å²) in [6.07, 6.45) is 1.44. The molecule has 166 valence electrons. The molecule has 0 unspecified atom stereocenters. The van der Waals surface area contributed by atoms with Crippen LogP contribution in [0.1, 0.15) is 5.56 Å². The first kappa shape index (κ1) is 23.0. The van der Waals surface area contributed by atoms with E-state index < -0.39 is 17.6 Å². The first-order valence-corrected chi connectivity index (χ1v) is 9.82. The lowest BCUT2D eigenvalue weighted by Crippen LogP contribution is -2.20. The summed E-state index contributed by atoms with van der Waals surface area (Å²) in [5.41, 5.74) is 1.49. The van der Waals surface area contributed by atoms with Crippen molar-refractivity contribution in [3.05, 3.63) is 89.8 Å². The number of carbonyl (C=O) groups is 2. The fourth-order valence-corrected chi connectivity index (χ4v) is 2.75. The van der Waals surface area contributed by atoms with Gasteiger partial charge >= 0.3 is 0 Å². The number of nitrogens with zero attached hydrogens (tertiary/aromatic N) is 1. The van der Waals surface area contributed by atoms with Crippen LogP contribution in [0.5, 0.6) is 11.5 Å². The molecule has 33 heavy (non-hydrogen) atoms. The highest BCUT2D eigenvalue weighted by atomic mass is 19.1. The first-order chi connectivity index (χ1) is 16.0. The van der Waals surface area contributed by atoms with Crippen molar-refractivity contribution in [3.63, 3.8) is 0 Å². The van der Waals surface area contributed by atoms with Gasteiger partial charge in [0, 0.05) is 17.4 Å². The van der Waals surface area contributed by atoms with E-state index in [9.17, 15) is 19.2 Å². The lowest BCUT2D eigenvalue weighted by atomic mass is 10.1. The summed E-state index contributed by atoms with van der Waals surface area (Å²) in [6.45, 7) is -0.237. The van der Waals surface area contributed by atoms with Crippen molar-refractivity contribution in [3.8, 4) is 17.6 Å². The molecular weight excluding hydrogens is 425 g/mol. The number of anilines is 2. The molecule has 8 heteroatoms. The van der Waals surface area contributed by atoms with E-state index in [0.29, 0.717) is 28.4 Å². The van der Waals surface area contributed by atoms with Crippen molar-refractivity contribution in [2.45, 2.75) is 0 Å². The Morgan fingerprint density at radius 2 is 1.70 bits per heavy atom. The molecule has 0 fully saturated rings. The van der Waals surface area contributed by atoms with Crippen LogP contribution >= 0.6 is 0 Å². The Hall–Kier alpha value is -4.64. The lowest BCUT2D eigenvalue weighted by Gasteiger charge is -2.08. The van der Waals surface area contributed by atoms with Crippen molar-refractivity contribution < 1.29 is 23.5 Å². The Balaban J connectivity index is 1.57. The number of benzene rings is 3. The Labute approximate surface area is 190 Å². The fourth-order valence-electron chi connectivity index (χ4n) is 2.75. The van der Waals surface area contributed by atoms with Crippen molar-refractivity contribution in [2.75, 3.05) is 24.4 Å². The standard InChI is InChI=1S/C25H20FN3O4/c1-32-23-4-2-3-21(14-23)29-25(31)18(15-27)13-17-5-11-22(12-6-17)33-16-24(30)28-20-9-7-19(26)8-10-20/h2-14H,16H2,1H3,(H,28,30)(H,29,31)/b18-13+. The minimum absolute atomic E-state index is 0.0786. The molecule has 0 radical (unpaired) electrons. The molecule has 0 atom stereocenters. The molecule has 0 saturated heterocycles. The van der Waals surface area contributed by atoms with Gasteiger partial charge < -0.3 is 20.1 Å². The minimum Gasteiger partial charge on any atom is -0.497 e. The van der Waals surface area contributed by atoms with Crippen LogP contribution in [0.15, 0.2) is 78.4 Å². The highest BCUT2D eigenvalue weighted by molar-refractivity contribution is 6.09. The molecule has 0 heterocycles. The van der Waals surface area contributed by atoms with Crippen molar-refractivity contribution in [1.82, 2.24) is 0 Å². The molecule has 3 rings (SSSR count). The normalized spacial score (nSPS) is 10.6. The Bertz CT molecular complexity index is 1200. The molecule has 3 aromatic rings. The van der Waals surface area contributed by atoms with E-state index in [4.69, 9.17) is 9.47 Å². The van der Waals surface area contributed by atoms with Gasteiger partial charge in [-0.15, -0.1) is 0 Å². The van der Waals surface area contributed by atoms with Crippen molar-refractivity contribution in [1.29, 1.82) is 5.26 Å². The van der Waals surface area contributed by atoms with Gasteiger partial charge in [0.1, 0.15) is 29.0 Å². The summed E-state index contributed by atoms with van der Waals surface area (Å²) >= 11 is 0. The topological polar surface area (TPSA) is 100 Å². The van der Waals surface area contributed by atoms with E-state index in [1.54, 1.807) is 48.5 Å². The van der Waals surface area contributed by atoms with Gasteiger partial charge in [0.15, 0.2) is 6.61 Å². The van der Waals surface area contributed by atoms with Gasteiger partial charge in [-0.05, 0) is 60.2 Å². The summed E-state index contributed by atoms with van der Waals surface area (Å²) in [4.78, 5) is 24.4. The largest absolute Gasteiger partial charge is 0.497 e. The van der Waals surface area contributed by atoms with E-state index >= 15 is 0 Å². The van der Waals surface area contributed by atoms with E-state index in [0.717, 1.165) is 0 Å². The van der Waals surface area contributed by atoms with Crippen LogP contribution in [0.2, 0.25) is 0 Å². The van der Waals surface area contributed by atoms with Crippen LogP contribution in [0.4, 0.5) is 15.8 Å². The van der Waals surface area contributed by atoms with E-state index in [1.165, 1.54) is 37.5 Å². The summed E-state index contributed by atoms with van der Waals surface area (Å²) in [5, 5.41) is 14.6. The van der Waals surface area contributed by atoms with Gasteiger partial charge in [-0.3, -0.25) is 9.59 Å². The van der Waals surface area contributed by atoms with E-state index in [1.807, 2.05) is 6.07 Å². The number of rotatable bonds is 8. The smallest absolute Gasteiger partial charge is 0.266 e. The Morgan fingerprint density at radius 1 is 0.970 bits per heavy atom. The van der Waals surface area contributed by atoms with Gasteiger partial charge in [0.2, 0.25) is 0 Å². The number of nitrogens with one attached hydrogen (secondary N) is 2. The zero-order valence-electron chi connectivity index (χ0n) is 17.7.